The van der Waals surface area contributed by atoms with Crippen LogP contribution in [0.25, 0.3) is 11.4 Å². The van der Waals surface area contributed by atoms with Crippen LogP contribution in [-0.4, -0.2) is 46.2 Å². The average Bonchev–Trinajstić information content (AvgIpc) is 3.13. The summed E-state index contributed by atoms with van der Waals surface area (Å²) in [5.41, 5.74) is 2.01. The summed E-state index contributed by atoms with van der Waals surface area (Å²) in [6, 6.07) is 13.3. The van der Waals surface area contributed by atoms with E-state index < -0.39 is 0 Å². The normalized spacial score (nSPS) is 12.6. The molecule has 0 unspecified atom stereocenters. The topological polar surface area (TPSA) is 78.3 Å². The third kappa shape index (κ3) is 4.88. The Morgan fingerprint density at radius 2 is 1.90 bits per heavy atom. The Morgan fingerprint density at radius 3 is 2.70 bits per heavy atom. The van der Waals surface area contributed by atoms with Crippen LogP contribution in [0.4, 0.5) is 0 Å². The highest BCUT2D eigenvalue weighted by Gasteiger charge is 2.14. The van der Waals surface area contributed by atoms with Crippen LogP contribution in [0.3, 0.4) is 0 Å². The van der Waals surface area contributed by atoms with Crippen LogP contribution in [0, 0.1) is 0 Å². The van der Waals surface area contributed by atoms with Crippen LogP contribution in [0.2, 0.25) is 5.02 Å². The standard InChI is InChI=1S/C21H21ClN4O3S/c1-26-20(15-3-5-16(22)6-4-15)24-25-21(26)30-13-19(27)23-9-8-14-2-7-17-18(12-14)29-11-10-28-17/h2-7,12H,8-11,13H2,1H3,(H,23,27). The fourth-order valence-corrected chi connectivity index (χ4v) is 3.93. The molecule has 7 nitrogen and oxygen atoms in total. The van der Waals surface area contributed by atoms with E-state index in [0.717, 1.165) is 34.9 Å². The molecule has 0 aliphatic carbocycles. The molecule has 9 heteroatoms. The molecule has 0 spiro atoms. The van der Waals surface area contributed by atoms with Crippen molar-refractivity contribution >= 4 is 29.3 Å². The number of carbonyl (C=O) groups excluding carboxylic acids is 1. The third-order valence-electron chi connectivity index (χ3n) is 4.61. The fourth-order valence-electron chi connectivity index (χ4n) is 3.06. The van der Waals surface area contributed by atoms with Gasteiger partial charge in [-0.2, -0.15) is 0 Å². The number of nitrogens with zero attached hydrogens (tertiary/aromatic N) is 3. The predicted molar refractivity (Wildman–Crippen MR) is 116 cm³/mol. The lowest BCUT2D eigenvalue weighted by atomic mass is 10.1. The van der Waals surface area contributed by atoms with Gasteiger partial charge in [0.2, 0.25) is 5.91 Å². The lowest BCUT2D eigenvalue weighted by Gasteiger charge is -2.18. The Hall–Kier alpha value is -2.71. The molecule has 0 radical (unpaired) electrons. The minimum absolute atomic E-state index is 0.0476. The molecule has 2 aromatic carbocycles. The van der Waals surface area contributed by atoms with E-state index in [9.17, 15) is 4.79 Å². The number of fused-ring (bicyclic) bond motifs is 1. The minimum Gasteiger partial charge on any atom is -0.486 e. The zero-order valence-electron chi connectivity index (χ0n) is 16.4. The van der Waals surface area contributed by atoms with Gasteiger partial charge in [0, 0.05) is 24.2 Å². The molecule has 4 rings (SSSR count). The van der Waals surface area contributed by atoms with Crippen molar-refractivity contribution < 1.29 is 14.3 Å². The second kappa shape index (κ2) is 9.40. The fraction of sp³-hybridized carbons (Fsp3) is 0.286. The van der Waals surface area contributed by atoms with Gasteiger partial charge in [-0.05, 0) is 48.4 Å². The summed E-state index contributed by atoms with van der Waals surface area (Å²) >= 11 is 7.29. The second-order valence-electron chi connectivity index (χ2n) is 6.74. The van der Waals surface area contributed by atoms with Gasteiger partial charge in [0.25, 0.3) is 0 Å². The van der Waals surface area contributed by atoms with E-state index >= 15 is 0 Å². The largest absolute Gasteiger partial charge is 0.486 e. The Labute approximate surface area is 183 Å². The SMILES string of the molecule is Cn1c(SCC(=O)NCCc2ccc3c(c2)OCCO3)nnc1-c1ccc(Cl)cc1. The van der Waals surface area contributed by atoms with Crippen LogP contribution in [0.15, 0.2) is 47.6 Å². The van der Waals surface area contributed by atoms with Crippen molar-refractivity contribution in [2.45, 2.75) is 11.6 Å². The number of aromatic nitrogens is 3. The first kappa shape index (κ1) is 20.6. The van der Waals surface area contributed by atoms with Crippen molar-refractivity contribution in [2.24, 2.45) is 7.05 Å². The van der Waals surface area contributed by atoms with Crippen molar-refractivity contribution in [3.8, 4) is 22.9 Å². The van der Waals surface area contributed by atoms with Gasteiger partial charge in [-0.25, -0.2) is 0 Å². The van der Waals surface area contributed by atoms with Gasteiger partial charge in [0.05, 0.1) is 5.75 Å². The summed E-state index contributed by atoms with van der Waals surface area (Å²) in [5.74, 6) is 2.49. The van der Waals surface area contributed by atoms with Gasteiger partial charge >= 0.3 is 0 Å². The molecule has 1 aromatic heterocycles. The zero-order chi connectivity index (χ0) is 20.9. The van der Waals surface area contributed by atoms with Crippen molar-refractivity contribution in [3.63, 3.8) is 0 Å². The molecule has 30 heavy (non-hydrogen) atoms. The van der Waals surface area contributed by atoms with Gasteiger partial charge in [-0.15, -0.1) is 10.2 Å². The molecule has 156 valence electrons. The first-order valence-corrected chi connectivity index (χ1v) is 10.9. The maximum atomic E-state index is 12.2. The summed E-state index contributed by atoms with van der Waals surface area (Å²) in [4.78, 5) is 12.2. The average molecular weight is 445 g/mol. The molecule has 1 aliphatic rings. The monoisotopic (exact) mass is 444 g/mol. The van der Waals surface area contributed by atoms with E-state index in [-0.39, 0.29) is 11.7 Å². The lowest BCUT2D eigenvalue weighted by molar-refractivity contribution is -0.118. The highest BCUT2D eigenvalue weighted by Crippen LogP contribution is 2.30. The number of nitrogens with one attached hydrogen (secondary N) is 1. The number of amides is 1. The van der Waals surface area contributed by atoms with Crippen LogP contribution >= 0.6 is 23.4 Å². The molecule has 1 aliphatic heterocycles. The van der Waals surface area contributed by atoms with E-state index in [2.05, 4.69) is 15.5 Å². The third-order valence-corrected chi connectivity index (χ3v) is 5.88. The summed E-state index contributed by atoms with van der Waals surface area (Å²) in [5, 5.41) is 12.7. The van der Waals surface area contributed by atoms with Gasteiger partial charge < -0.3 is 19.4 Å². The maximum absolute atomic E-state index is 12.2. The predicted octanol–water partition coefficient (Wildman–Crippen LogP) is 3.36. The van der Waals surface area contributed by atoms with Crippen LogP contribution in [0.5, 0.6) is 11.5 Å². The summed E-state index contributed by atoms with van der Waals surface area (Å²) in [6.45, 7) is 1.69. The molecule has 0 saturated heterocycles. The Bertz CT molecular complexity index is 1040. The Kier molecular flexibility index (Phi) is 6.44. The molecule has 0 bridgehead atoms. The van der Waals surface area contributed by atoms with Crippen molar-refractivity contribution in [1.29, 1.82) is 0 Å². The van der Waals surface area contributed by atoms with Gasteiger partial charge in [-0.1, -0.05) is 29.4 Å². The Morgan fingerprint density at radius 1 is 1.13 bits per heavy atom. The summed E-state index contributed by atoms with van der Waals surface area (Å²) in [6.07, 6.45) is 0.720. The molecule has 0 fully saturated rings. The number of benzene rings is 2. The van der Waals surface area contributed by atoms with E-state index in [1.807, 2.05) is 54.1 Å². The molecule has 0 atom stereocenters. The molecule has 1 N–H and O–H groups in total. The number of hydrogen-bond acceptors (Lipinski definition) is 6. The van der Waals surface area contributed by atoms with E-state index in [4.69, 9.17) is 21.1 Å². The van der Waals surface area contributed by atoms with E-state index in [0.29, 0.717) is 29.9 Å². The Balaban J connectivity index is 1.26. The van der Waals surface area contributed by atoms with Gasteiger partial charge in [0.15, 0.2) is 22.5 Å². The lowest BCUT2D eigenvalue weighted by Crippen LogP contribution is -2.27. The molecule has 3 aromatic rings. The molecule has 0 saturated carbocycles. The van der Waals surface area contributed by atoms with Crippen molar-refractivity contribution in [2.75, 3.05) is 25.5 Å². The quantitative estimate of drug-likeness (QED) is 0.563. The second-order valence-corrected chi connectivity index (χ2v) is 8.12. The maximum Gasteiger partial charge on any atom is 0.230 e. The van der Waals surface area contributed by atoms with Gasteiger partial charge in [0.1, 0.15) is 13.2 Å². The number of carbonyl (C=O) groups is 1. The van der Waals surface area contributed by atoms with Crippen LogP contribution in [-0.2, 0) is 18.3 Å². The summed E-state index contributed by atoms with van der Waals surface area (Å²) < 4.78 is 13.0. The van der Waals surface area contributed by atoms with Crippen LogP contribution in [0.1, 0.15) is 5.56 Å². The number of halogens is 1. The molecular weight excluding hydrogens is 424 g/mol. The number of hydrogen-bond donors (Lipinski definition) is 1. The van der Waals surface area contributed by atoms with Crippen molar-refractivity contribution in [3.05, 3.63) is 53.1 Å². The highest BCUT2D eigenvalue weighted by atomic mass is 35.5. The molecular formula is C21H21ClN4O3S. The van der Waals surface area contributed by atoms with E-state index in [1.54, 1.807) is 0 Å². The molecule has 1 amide bonds. The van der Waals surface area contributed by atoms with Crippen molar-refractivity contribution in [1.82, 2.24) is 20.1 Å². The molecule has 2 heterocycles. The number of ether oxygens (including phenoxy) is 2. The number of rotatable bonds is 7. The highest BCUT2D eigenvalue weighted by molar-refractivity contribution is 7.99. The first-order valence-electron chi connectivity index (χ1n) is 9.53. The van der Waals surface area contributed by atoms with Crippen LogP contribution < -0.4 is 14.8 Å². The number of thioether (sulfide) groups is 1. The van der Waals surface area contributed by atoms with Gasteiger partial charge in [-0.3, -0.25) is 4.79 Å². The minimum atomic E-state index is -0.0476. The zero-order valence-corrected chi connectivity index (χ0v) is 18.0. The van der Waals surface area contributed by atoms with E-state index in [1.165, 1.54) is 11.8 Å². The smallest absolute Gasteiger partial charge is 0.230 e. The first-order chi connectivity index (χ1) is 14.6. The summed E-state index contributed by atoms with van der Waals surface area (Å²) in [7, 11) is 1.88.